The van der Waals surface area contributed by atoms with E-state index in [0.717, 1.165) is 11.3 Å². The van der Waals surface area contributed by atoms with Crippen LogP contribution in [0.15, 0.2) is 18.2 Å². The molecule has 1 aromatic rings. The van der Waals surface area contributed by atoms with Crippen molar-refractivity contribution in [3.63, 3.8) is 0 Å². The minimum Gasteiger partial charge on any atom is -0.484 e. The maximum atomic E-state index is 11.5. The zero-order chi connectivity index (χ0) is 12.1. The van der Waals surface area contributed by atoms with E-state index in [1.165, 1.54) is 5.56 Å². The van der Waals surface area contributed by atoms with Crippen LogP contribution in [0.4, 0.5) is 0 Å². The topological polar surface area (TPSA) is 29.5 Å². The number of carbonyl (C=O) groups is 1. The molecule has 1 aromatic carbocycles. The van der Waals surface area contributed by atoms with Crippen molar-refractivity contribution in [3.05, 3.63) is 29.3 Å². The first-order chi connectivity index (χ1) is 7.54. The molecule has 0 aromatic heterocycles. The second-order valence-electron chi connectivity index (χ2n) is 3.97. The van der Waals surface area contributed by atoms with Crippen molar-refractivity contribution in [1.29, 1.82) is 0 Å². The lowest BCUT2D eigenvalue weighted by Crippen LogP contribution is -2.31. The number of rotatable bonds is 4. The summed E-state index contributed by atoms with van der Waals surface area (Å²) >= 11 is 0. The van der Waals surface area contributed by atoms with Crippen molar-refractivity contribution in [2.24, 2.45) is 0 Å². The van der Waals surface area contributed by atoms with Crippen molar-refractivity contribution in [3.8, 4) is 5.75 Å². The molecule has 0 aliphatic rings. The van der Waals surface area contributed by atoms with Crippen LogP contribution in [-0.2, 0) is 4.79 Å². The Balaban J connectivity index is 2.58. The minimum absolute atomic E-state index is 0.00229. The van der Waals surface area contributed by atoms with E-state index in [4.69, 9.17) is 4.74 Å². The number of aryl methyl sites for hydroxylation is 2. The van der Waals surface area contributed by atoms with Gasteiger partial charge in [-0.05, 0) is 32.4 Å². The number of benzene rings is 1. The second-order valence-corrected chi connectivity index (χ2v) is 3.97. The van der Waals surface area contributed by atoms with E-state index in [9.17, 15) is 4.79 Å². The molecule has 0 bridgehead atoms. The van der Waals surface area contributed by atoms with Gasteiger partial charge in [0.2, 0.25) is 0 Å². The highest BCUT2D eigenvalue weighted by atomic mass is 16.5. The fourth-order valence-electron chi connectivity index (χ4n) is 1.39. The summed E-state index contributed by atoms with van der Waals surface area (Å²) in [7, 11) is 1.77. The predicted molar refractivity (Wildman–Crippen MR) is 64.7 cm³/mol. The average Bonchev–Trinajstić information content (AvgIpc) is 2.26. The Morgan fingerprint density at radius 3 is 2.62 bits per heavy atom. The molecule has 0 saturated heterocycles. The lowest BCUT2D eigenvalue weighted by atomic mass is 10.1. The van der Waals surface area contributed by atoms with Crippen LogP contribution in [0.3, 0.4) is 0 Å². The molecule has 0 atom stereocenters. The zero-order valence-corrected chi connectivity index (χ0v) is 10.4. The molecule has 0 saturated carbocycles. The molecule has 0 aliphatic heterocycles. The number of carbonyl (C=O) groups excluding carboxylic acids is 1. The van der Waals surface area contributed by atoms with Crippen LogP contribution in [0.5, 0.6) is 5.75 Å². The van der Waals surface area contributed by atoms with Gasteiger partial charge in [-0.2, -0.15) is 0 Å². The predicted octanol–water partition coefficient (Wildman–Crippen LogP) is 2.16. The van der Waals surface area contributed by atoms with Crippen molar-refractivity contribution >= 4 is 5.91 Å². The first-order valence-corrected chi connectivity index (χ1v) is 5.48. The molecular weight excluding hydrogens is 202 g/mol. The fraction of sp³-hybridized carbons (Fsp3) is 0.462. The molecule has 1 amide bonds. The molecule has 0 radical (unpaired) electrons. The molecular formula is C13H19NO2. The monoisotopic (exact) mass is 221 g/mol. The Kier molecular flexibility index (Phi) is 4.35. The van der Waals surface area contributed by atoms with Gasteiger partial charge in [0.15, 0.2) is 6.61 Å². The van der Waals surface area contributed by atoms with Gasteiger partial charge >= 0.3 is 0 Å². The third kappa shape index (κ3) is 3.26. The van der Waals surface area contributed by atoms with E-state index in [2.05, 4.69) is 0 Å². The molecule has 88 valence electrons. The number of hydrogen-bond acceptors (Lipinski definition) is 2. The number of amides is 1. The largest absolute Gasteiger partial charge is 0.484 e. The number of hydrogen-bond donors (Lipinski definition) is 0. The molecule has 0 heterocycles. The van der Waals surface area contributed by atoms with Gasteiger partial charge in [-0.1, -0.05) is 17.7 Å². The van der Waals surface area contributed by atoms with Crippen LogP contribution < -0.4 is 4.74 Å². The molecule has 0 spiro atoms. The number of likely N-dealkylation sites (N-methyl/N-ethyl adjacent to an activating group) is 1. The van der Waals surface area contributed by atoms with E-state index in [0.29, 0.717) is 6.54 Å². The summed E-state index contributed by atoms with van der Waals surface area (Å²) in [5.74, 6) is 0.783. The summed E-state index contributed by atoms with van der Waals surface area (Å²) in [5, 5.41) is 0. The SMILES string of the molecule is CCN(C)C(=O)COc1ccc(C)cc1C. The van der Waals surface area contributed by atoms with Gasteiger partial charge < -0.3 is 9.64 Å². The van der Waals surface area contributed by atoms with E-state index in [1.807, 2.05) is 39.0 Å². The maximum absolute atomic E-state index is 11.5. The Bertz CT molecular complexity index is 374. The highest BCUT2D eigenvalue weighted by molar-refractivity contribution is 5.77. The van der Waals surface area contributed by atoms with Crippen molar-refractivity contribution in [1.82, 2.24) is 4.90 Å². The summed E-state index contributed by atoms with van der Waals surface area (Å²) in [6, 6.07) is 5.93. The Labute approximate surface area is 97.0 Å². The Hall–Kier alpha value is -1.51. The van der Waals surface area contributed by atoms with Gasteiger partial charge in [0.25, 0.3) is 5.91 Å². The summed E-state index contributed by atoms with van der Waals surface area (Å²) in [5.41, 5.74) is 2.26. The molecule has 16 heavy (non-hydrogen) atoms. The molecule has 0 unspecified atom stereocenters. The molecule has 0 fully saturated rings. The quantitative estimate of drug-likeness (QED) is 0.779. The normalized spacial score (nSPS) is 10.0. The lowest BCUT2D eigenvalue weighted by Gasteiger charge is -2.15. The second kappa shape index (κ2) is 5.54. The molecule has 3 heteroatoms. The summed E-state index contributed by atoms with van der Waals surface area (Å²) in [6.07, 6.45) is 0. The number of ether oxygens (including phenoxy) is 1. The summed E-state index contributed by atoms with van der Waals surface area (Å²) < 4.78 is 5.49. The Morgan fingerprint density at radius 1 is 1.38 bits per heavy atom. The van der Waals surface area contributed by atoms with Gasteiger partial charge in [0, 0.05) is 13.6 Å². The van der Waals surface area contributed by atoms with E-state index in [1.54, 1.807) is 11.9 Å². The Morgan fingerprint density at radius 2 is 2.06 bits per heavy atom. The van der Waals surface area contributed by atoms with Crippen LogP contribution in [0, 0.1) is 13.8 Å². The average molecular weight is 221 g/mol. The van der Waals surface area contributed by atoms with Gasteiger partial charge in [-0.3, -0.25) is 4.79 Å². The van der Waals surface area contributed by atoms with Crippen LogP contribution in [0.1, 0.15) is 18.1 Å². The standard InChI is InChI=1S/C13H19NO2/c1-5-14(4)13(15)9-16-12-7-6-10(2)8-11(12)3/h6-8H,5,9H2,1-4H3. The molecule has 0 aliphatic carbocycles. The van der Waals surface area contributed by atoms with Gasteiger partial charge in [-0.15, -0.1) is 0 Å². The van der Waals surface area contributed by atoms with Crippen LogP contribution in [0.25, 0.3) is 0 Å². The first-order valence-electron chi connectivity index (χ1n) is 5.48. The van der Waals surface area contributed by atoms with Crippen molar-refractivity contribution < 1.29 is 9.53 Å². The zero-order valence-electron chi connectivity index (χ0n) is 10.4. The highest BCUT2D eigenvalue weighted by Gasteiger charge is 2.08. The van der Waals surface area contributed by atoms with Crippen LogP contribution in [0.2, 0.25) is 0 Å². The minimum atomic E-state index is 0.00229. The molecule has 3 nitrogen and oxygen atoms in total. The van der Waals surface area contributed by atoms with E-state index < -0.39 is 0 Å². The first kappa shape index (κ1) is 12.6. The number of nitrogens with zero attached hydrogens (tertiary/aromatic N) is 1. The summed E-state index contributed by atoms with van der Waals surface area (Å²) in [4.78, 5) is 13.2. The van der Waals surface area contributed by atoms with Crippen molar-refractivity contribution in [2.75, 3.05) is 20.2 Å². The van der Waals surface area contributed by atoms with Gasteiger partial charge in [-0.25, -0.2) is 0 Å². The molecule has 0 N–H and O–H groups in total. The lowest BCUT2D eigenvalue weighted by molar-refractivity contribution is -0.131. The summed E-state index contributed by atoms with van der Waals surface area (Å²) in [6.45, 7) is 6.77. The molecule has 1 rings (SSSR count). The van der Waals surface area contributed by atoms with Gasteiger partial charge in [0.05, 0.1) is 0 Å². The third-order valence-corrected chi connectivity index (χ3v) is 2.58. The van der Waals surface area contributed by atoms with E-state index in [-0.39, 0.29) is 12.5 Å². The smallest absolute Gasteiger partial charge is 0.260 e. The highest BCUT2D eigenvalue weighted by Crippen LogP contribution is 2.18. The van der Waals surface area contributed by atoms with E-state index >= 15 is 0 Å². The van der Waals surface area contributed by atoms with Crippen LogP contribution in [-0.4, -0.2) is 31.0 Å². The van der Waals surface area contributed by atoms with Crippen LogP contribution >= 0.6 is 0 Å². The van der Waals surface area contributed by atoms with Gasteiger partial charge in [0.1, 0.15) is 5.75 Å². The maximum Gasteiger partial charge on any atom is 0.260 e. The third-order valence-electron chi connectivity index (χ3n) is 2.58. The fourth-order valence-corrected chi connectivity index (χ4v) is 1.39. The van der Waals surface area contributed by atoms with Crippen molar-refractivity contribution in [2.45, 2.75) is 20.8 Å².